The van der Waals surface area contributed by atoms with Crippen LogP contribution in [0.5, 0.6) is 0 Å². The normalized spacial score (nSPS) is 13.9. The summed E-state index contributed by atoms with van der Waals surface area (Å²) in [7, 11) is 0. The lowest BCUT2D eigenvalue weighted by Crippen LogP contribution is -2.48. The zero-order valence-electron chi connectivity index (χ0n) is 24.0. The van der Waals surface area contributed by atoms with Gasteiger partial charge in [0.2, 0.25) is 5.91 Å². The summed E-state index contributed by atoms with van der Waals surface area (Å²) < 4.78 is 0. The first-order valence-corrected chi connectivity index (χ1v) is 14.1. The average molecular weight is 569 g/mol. The van der Waals surface area contributed by atoms with E-state index in [4.69, 9.17) is 40.1 Å². The Kier molecular flexibility index (Phi) is 20.0. The molecule has 0 saturated carbocycles. The lowest BCUT2D eigenvalue weighted by molar-refractivity contribution is -0.129. The zero-order chi connectivity index (χ0) is 30.5. The van der Waals surface area contributed by atoms with Crippen LogP contribution in [0.2, 0.25) is 0 Å². The van der Waals surface area contributed by atoms with Gasteiger partial charge in [-0.1, -0.05) is 12.8 Å². The zero-order valence-corrected chi connectivity index (χ0v) is 24.0. The van der Waals surface area contributed by atoms with E-state index in [1.54, 1.807) is 0 Å². The highest BCUT2D eigenvalue weighted by atomic mass is 16.2. The van der Waals surface area contributed by atoms with Crippen molar-refractivity contribution in [1.82, 2.24) is 5.32 Å². The number of hydrogen-bond acceptors (Lipinski definition) is 9. The molecular formula is C26H52N10O4. The first-order chi connectivity index (χ1) is 18.9. The molecule has 14 heteroatoms. The predicted molar refractivity (Wildman–Crippen MR) is 158 cm³/mol. The van der Waals surface area contributed by atoms with E-state index in [1.807, 2.05) is 0 Å². The summed E-state index contributed by atoms with van der Waals surface area (Å²) in [6.45, 7) is 2.69. The lowest BCUT2D eigenvalue weighted by atomic mass is 9.90. The molecule has 0 aromatic carbocycles. The minimum Gasteiger partial charge on any atom is -0.370 e. The van der Waals surface area contributed by atoms with Crippen LogP contribution in [-0.4, -0.2) is 72.9 Å². The van der Waals surface area contributed by atoms with E-state index in [9.17, 15) is 19.2 Å². The van der Waals surface area contributed by atoms with Crippen LogP contribution in [-0.2, 0) is 19.2 Å². The van der Waals surface area contributed by atoms with E-state index in [0.29, 0.717) is 71.0 Å². The quantitative estimate of drug-likeness (QED) is 0.0382. The number of carbonyl (C=O) groups is 4. The molecule has 0 fully saturated rings. The van der Waals surface area contributed by atoms with Crippen LogP contribution in [0.1, 0.15) is 84.0 Å². The van der Waals surface area contributed by atoms with Crippen molar-refractivity contribution in [2.45, 2.75) is 102 Å². The Balaban J connectivity index is 4.78. The maximum absolute atomic E-state index is 12.9. The molecule has 0 aromatic rings. The number of aliphatic imine (C=N–C) groups is 2. The monoisotopic (exact) mass is 568 g/mol. The molecule has 40 heavy (non-hydrogen) atoms. The first kappa shape index (κ1) is 36.9. The number of ketones is 3. The smallest absolute Gasteiger partial charge is 0.237 e. The molecule has 0 rings (SSSR count). The van der Waals surface area contributed by atoms with Gasteiger partial charge in [-0.25, -0.2) is 0 Å². The first-order valence-electron chi connectivity index (χ1n) is 14.1. The van der Waals surface area contributed by atoms with Crippen molar-refractivity contribution in [2.75, 3.05) is 19.6 Å². The van der Waals surface area contributed by atoms with Gasteiger partial charge < -0.3 is 45.5 Å². The third-order valence-electron chi connectivity index (χ3n) is 6.59. The van der Waals surface area contributed by atoms with Gasteiger partial charge in [-0.3, -0.25) is 29.2 Å². The SMILES string of the molecule is CC(=O)[C@@H](CCCN=C(N)N)CC(=O)[C@@H](N)CCCCC(=O)[C@H](CCCN=C(N)N)NC(=O)[C@H](N)CCCCN. The van der Waals surface area contributed by atoms with Gasteiger partial charge in [-0.05, 0) is 64.8 Å². The summed E-state index contributed by atoms with van der Waals surface area (Å²) in [5.41, 5.74) is 38.9. The van der Waals surface area contributed by atoms with Gasteiger partial charge in [0, 0.05) is 31.8 Å². The second kappa shape index (κ2) is 21.7. The summed E-state index contributed by atoms with van der Waals surface area (Å²) in [6.07, 6.45) is 5.59. The minimum atomic E-state index is -0.728. The fourth-order valence-electron chi connectivity index (χ4n) is 4.12. The van der Waals surface area contributed by atoms with Crippen molar-refractivity contribution in [2.24, 2.45) is 56.0 Å². The summed E-state index contributed by atoms with van der Waals surface area (Å²) in [5, 5.41) is 2.77. The van der Waals surface area contributed by atoms with Crippen molar-refractivity contribution in [3.8, 4) is 0 Å². The van der Waals surface area contributed by atoms with E-state index in [2.05, 4.69) is 15.3 Å². The maximum Gasteiger partial charge on any atom is 0.237 e. The highest BCUT2D eigenvalue weighted by Crippen LogP contribution is 2.16. The summed E-state index contributed by atoms with van der Waals surface area (Å²) in [5.74, 6) is -1.28. The molecule has 14 nitrogen and oxygen atoms in total. The topological polar surface area (TPSA) is 287 Å². The van der Waals surface area contributed by atoms with Crippen molar-refractivity contribution < 1.29 is 19.2 Å². The number of rotatable bonds is 24. The molecule has 0 bridgehead atoms. The molecular weight excluding hydrogens is 516 g/mol. The Morgan fingerprint density at radius 1 is 0.700 bits per heavy atom. The third-order valence-corrected chi connectivity index (χ3v) is 6.59. The number of nitrogens with one attached hydrogen (secondary N) is 1. The van der Waals surface area contributed by atoms with Gasteiger partial charge >= 0.3 is 0 Å². The molecule has 0 spiro atoms. The average Bonchev–Trinajstić information content (AvgIpc) is 2.89. The Morgan fingerprint density at radius 2 is 1.25 bits per heavy atom. The Morgan fingerprint density at radius 3 is 1.80 bits per heavy atom. The molecule has 0 radical (unpaired) electrons. The van der Waals surface area contributed by atoms with Gasteiger partial charge in [0.25, 0.3) is 0 Å². The number of nitrogens with two attached hydrogens (primary N) is 7. The molecule has 0 unspecified atom stereocenters. The molecule has 0 saturated heterocycles. The molecule has 0 aliphatic rings. The van der Waals surface area contributed by atoms with Gasteiger partial charge in [0.15, 0.2) is 17.7 Å². The third kappa shape index (κ3) is 18.2. The number of Topliss-reactive ketones (excluding diaryl/α,β-unsaturated/α-hetero) is 3. The van der Waals surface area contributed by atoms with Crippen LogP contribution in [0.15, 0.2) is 9.98 Å². The molecule has 230 valence electrons. The molecule has 0 heterocycles. The number of hydrogen-bond donors (Lipinski definition) is 8. The van der Waals surface area contributed by atoms with Crippen LogP contribution in [0.4, 0.5) is 0 Å². The summed E-state index contributed by atoms with van der Waals surface area (Å²) in [4.78, 5) is 57.9. The van der Waals surface area contributed by atoms with E-state index in [0.717, 1.165) is 12.8 Å². The van der Waals surface area contributed by atoms with Gasteiger partial charge in [-0.15, -0.1) is 0 Å². The largest absolute Gasteiger partial charge is 0.370 e. The van der Waals surface area contributed by atoms with Crippen molar-refractivity contribution >= 4 is 35.2 Å². The Hall–Kier alpha value is -3.10. The molecule has 0 aliphatic heterocycles. The molecule has 0 aliphatic carbocycles. The van der Waals surface area contributed by atoms with Crippen molar-refractivity contribution in [3.05, 3.63) is 0 Å². The van der Waals surface area contributed by atoms with Gasteiger partial charge in [-0.2, -0.15) is 0 Å². The Labute approximate surface area is 237 Å². The number of nitrogens with zero attached hydrogens (tertiary/aromatic N) is 2. The lowest BCUT2D eigenvalue weighted by Gasteiger charge is -2.20. The molecule has 4 atom stereocenters. The van der Waals surface area contributed by atoms with Crippen molar-refractivity contribution in [3.63, 3.8) is 0 Å². The summed E-state index contributed by atoms with van der Waals surface area (Å²) in [6, 6.07) is -2.17. The minimum absolute atomic E-state index is 0.0162. The van der Waals surface area contributed by atoms with E-state index < -0.39 is 24.0 Å². The number of amides is 1. The number of guanidine groups is 2. The molecule has 1 amide bonds. The fourth-order valence-corrected chi connectivity index (χ4v) is 4.12. The fraction of sp³-hybridized carbons (Fsp3) is 0.769. The van der Waals surface area contributed by atoms with Crippen LogP contribution < -0.4 is 45.5 Å². The number of unbranched alkanes of at least 4 members (excludes halogenated alkanes) is 2. The van der Waals surface area contributed by atoms with Crippen LogP contribution in [0, 0.1) is 5.92 Å². The van der Waals surface area contributed by atoms with E-state index in [-0.39, 0.29) is 48.0 Å². The van der Waals surface area contributed by atoms with E-state index in [1.165, 1.54) is 6.92 Å². The standard InChI is InChI=1S/C26H52N10O4/c1-17(37)18(8-6-14-34-25(30)31)16-23(39)19(28)9-2-3-12-22(38)21(11-7-15-35-26(32)33)36-24(40)20(29)10-4-5-13-27/h18-21H,2-16,27-29H2,1H3,(H,36,40)(H4,30,31,34)(H4,32,33,35)/t18-,19-,20+,21-/m0/s1. The van der Waals surface area contributed by atoms with Crippen LogP contribution >= 0.6 is 0 Å². The second-order valence-electron chi connectivity index (χ2n) is 10.1. The Bertz CT molecular complexity index is 841. The highest BCUT2D eigenvalue weighted by molar-refractivity contribution is 5.91. The molecule has 15 N–H and O–H groups in total. The maximum atomic E-state index is 12.9. The van der Waals surface area contributed by atoms with Gasteiger partial charge in [0.1, 0.15) is 11.6 Å². The van der Waals surface area contributed by atoms with Crippen LogP contribution in [0.25, 0.3) is 0 Å². The second-order valence-corrected chi connectivity index (χ2v) is 10.1. The number of carbonyl (C=O) groups excluding carboxylic acids is 4. The van der Waals surface area contributed by atoms with Gasteiger partial charge in [0.05, 0.1) is 18.1 Å². The van der Waals surface area contributed by atoms with Crippen LogP contribution in [0.3, 0.4) is 0 Å². The van der Waals surface area contributed by atoms with E-state index >= 15 is 0 Å². The summed E-state index contributed by atoms with van der Waals surface area (Å²) >= 11 is 0. The molecule has 0 aromatic heterocycles. The highest BCUT2D eigenvalue weighted by Gasteiger charge is 2.24. The predicted octanol–water partition coefficient (Wildman–Crippen LogP) is -1.34. The van der Waals surface area contributed by atoms with Crippen molar-refractivity contribution in [1.29, 1.82) is 0 Å².